The summed E-state index contributed by atoms with van der Waals surface area (Å²) in [6.45, 7) is 0.110. The number of halogens is 5. The summed E-state index contributed by atoms with van der Waals surface area (Å²) in [5.74, 6) is -8.06. The number of fused-ring (bicyclic) bond motifs is 3. The average molecular weight is 483 g/mol. The second kappa shape index (κ2) is 8.69. The standard InChI is InChI=1S/C23H22F5N3O3/c1-21(2,19(33)29-12-22(24,25)23(26,27)28)20(34)30-17-15-10-5-4-8-13(15)14-9-6-7-11-16(14)31(3)18(17)32/h4-11,17H,12H2,1-3H3,(H,29,33)(H,30,34)/t17-/m1/s1. The molecule has 0 radical (unpaired) electrons. The highest BCUT2D eigenvalue weighted by atomic mass is 19.4. The van der Waals surface area contributed by atoms with Crippen molar-refractivity contribution < 1.29 is 36.3 Å². The van der Waals surface area contributed by atoms with Gasteiger partial charge in [0.25, 0.3) is 5.91 Å². The summed E-state index contributed by atoms with van der Waals surface area (Å²) in [5.41, 5.74) is 0.361. The molecule has 2 aromatic rings. The van der Waals surface area contributed by atoms with Crippen LogP contribution >= 0.6 is 0 Å². The fraction of sp³-hybridized carbons (Fsp3) is 0.348. The molecular formula is C23H22F5N3O3. The average Bonchev–Trinajstić information content (AvgIpc) is 2.86. The van der Waals surface area contributed by atoms with Gasteiger partial charge in [-0.15, -0.1) is 0 Å². The van der Waals surface area contributed by atoms with E-state index in [2.05, 4.69) is 5.32 Å². The molecule has 3 amide bonds. The first-order valence-electron chi connectivity index (χ1n) is 10.2. The van der Waals surface area contributed by atoms with Crippen molar-refractivity contribution in [3.63, 3.8) is 0 Å². The van der Waals surface area contributed by atoms with Gasteiger partial charge in [-0.05, 0) is 31.0 Å². The molecule has 1 heterocycles. The lowest BCUT2D eigenvalue weighted by Crippen LogP contribution is -2.54. The largest absolute Gasteiger partial charge is 0.455 e. The molecule has 182 valence electrons. The number of hydrogen-bond donors (Lipinski definition) is 2. The molecule has 0 aliphatic carbocycles. The molecule has 34 heavy (non-hydrogen) atoms. The quantitative estimate of drug-likeness (QED) is 0.501. The first-order chi connectivity index (χ1) is 15.7. The topological polar surface area (TPSA) is 78.5 Å². The third kappa shape index (κ3) is 4.46. The number of rotatable bonds is 5. The van der Waals surface area contributed by atoms with Crippen LogP contribution in [0.15, 0.2) is 48.5 Å². The van der Waals surface area contributed by atoms with E-state index in [0.29, 0.717) is 16.8 Å². The third-order valence-electron chi connectivity index (χ3n) is 5.70. The maximum atomic E-state index is 13.3. The third-order valence-corrected chi connectivity index (χ3v) is 5.70. The molecule has 1 aliphatic heterocycles. The van der Waals surface area contributed by atoms with Gasteiger partial charge in [-0.3, -0.25) is 14.4 Å². The fourth-order valence-corrected chi connectivity index (χ4v) is 3.50. The number of likely N-dealkylation sites (N-methyl/N-ethyl adjacent to an activating group) is 1. The van der Waals surface area contributed by atoms with Gasteiger partial charge in [-0.1, -0.05) is 42.5 Å². The highest BCUT2D eigenvalue weighted by Gasteiger charge is 2.57. The molecule has 0 saturated heterocycles. The Morgan fingerprint density at radius 3 is 2.09 bits per heavy atom. The first-order valence-corrected chi connectivity index (χ1v) is 10.2. The molecule has 0 saturated carbocycles. The molecule has 0 fully saturated rings. The number of hydrogen-bond acceptors (Lipinski definition) is 3. The van der Waals surface area contributed by atoms with Gasteiger partial charge in [-0.25, -0.2) is 0 Å². The van der Waals surface area contributed by atoms with Gasteiger partial charge in [0, 0.05) is 12.6 Å². The predicted molar refractivity (Wildman–Crippen MR) is 114 cm³/mol. The number of benzene rings is 2. The van der Waals surface area contributed by atoms with Gasteiger partial charge in [0.2, 0.25) is 11.8 Å². The molecule has 0 bridgehead atoms. The van der Waals surface area contributed by atoms with Crippen molar-refractivity contribution in [3.8, 4) is 11.1 Å². The molecule has 3 rings (SSSR count). The monoisotopic (exact) mass is 483 g/mol. The minimum atomic E-state index is -5.86. The Morgan fingerprint density at radius 1 is 0.912 bits per heavy atom. The molecule has 1 aliphatic rings. The van der Waals surface area contributed by atoms with Gasteiger partial charge in [0.15, 0.2) is 0 Å². The van der Waals surface area contributed by atoms with Crippen molar-refractivity contribution in [2.24, 2.45) is 5.41 Å². The van der Waals surface area contributed by atoms with E-state index in [1.807, 2.05) is 0 Å². The highest BCUT2D eigenvalue weighted by Crippen LogP contribution is 2.40. The van der Waals surface area contributed by atoms with E-state index in [1.54, 1.807) is 48.5 Å². The van der Waals surface area contributed by atoms with Crippen LogP contribution in [0.5, 0.6) is 0 Å². The van der Waals surface area contributed by atoms with Crippen LogP contribution in [0.3, 0.4) is 0 Å². The first kappa shape index (κ1) is 25.1. The number of alkyl halides is 5. The minimum absolute atomic E-state index is 0.442. The van der Waals surface area contributed by atoms with E-state index in [-0.39, 0.29) is 0 Å². The summed E-state index contributed by atoms with van der Waals surface area (Å²) in [6.07, 6.45) is -5.86. The van der Waals surface area contributed by atoms with Gasteiger partial charge in [0.1, 0.15) is 11.5 Å². The molecular weight excluding hydrogens is 461 g/mol. The van der Waals surface area contributed by atoms with Gasteiger partial charge >= 0.3 is 12.1 Å². The van der Waals surface area contributed by atoms with Crippen molar-refractivity contribution >= 4 is 23.4 Å². The van der Waals surface area contributed by atoms with Crippen molar-refractivity contribution in [3.05, 3.63) is 54.1 Å². The van der Waals surface area contributed by atoms with Crippen LogP contribution in [0.25, 0.3) is 11.1 Å². The molecule has 0 unspecified atom stereocenters. The van der Waals surface area contributed by atoms with Crippen LogP contribution in [0.4, 0.5) is 27.6 Å². The van der Waals surface area contributed by atoms with Crippen LogP contribution in [0.2, 0.25) is 0 Å². The Bertz CT molecular complexity index is 1130. The van der Waals surface area contributed by atoms with Gasteiger partial charge in [-0.2, -0.15) is 22.0 Å². The van der Waals surface area contributed by atoms with Crippen molar-refractivity contribution in [1.82, 2.24) is 10.6 Å². The summed E-state index contributed by atoms with van der Waals surface area (Å²) < 4.78 is 63.6. The number of para-hydroxylation sites is 1. The smallest absolute Gasteiger partial charge is 0.349 e. The fourth-order valence-electron chi connectivity index (χ4n) is 3.50. The van der Waals surface area contributed by atoms with E-state index in [0.717, 1.165) is 19.4 Å². The number of carbonyl (C=O) groups excluding carboxylic acids is 3. The van der Waals surface area contributed by atoms with Gasteiger partial charge < -0.3 is 15.5 Å². The second-order valence-corrected chi connectivity index (χ2v) is 8.42. The maximum Gasteiger partial charge on any atom is 0.455 e. The predicted octanol–water partition coefficient (Wildman–Crippen LogP) is 3.83. The maximum absolute atomic E-state index is 13.3. The van der Waals surface area contributed by atoms with Crippen LogP contribution < -0.4 is 15.5 Å². The van der Waals surface area contributed by atoms with Crippen LogP contribution in [0, 0.1) is 5.41 Å². The van der Waals surface area contributed by atoms with Crippen molar-refractivity contribution in [1.29, 1.82) is 0 Å². The lowest BCUT2D eigenvalue weighted by molar-refractivity contribution is -0.278. The van der Waals surface area contributed by atoms with Crippen molar-refractivity contribution in [2.45, 2.75) is 32.0 Å². The van der Waals surface area contributed by atoms with E-state index in [1.165, 1.54) is 17.3 Å². The lowest BCUT2D eigenvalue weighted by Gasteiger charge is -2.28. The number of nitrogens with one attached hydrogen (secondary N) is 2. The zero-order chi connectivity index (χ0) is 25.5. The number of anilines is 1. The SMILES string of the molecule is CN1C(=O)[C@H](NC(=O)C(C)(C)C(=O)NCC(F)(F)C(F)(F)F)c2ccccc2-c2ccccc21. The zero-order valence-corrected chi connectivity index (χ0v) is 18.5. The molecule has 2 aromatic carbocycles. The second-order valence-electron chi connectivity index (χ2n) is 8.42. The summed E-state index contributed by atoms with van der Waals surface area (Å²) >= 11 is 0. The summed E-state index contributed by atoms with van der Waals surface area (Å²) in [7, 11) is 1.52. The minimum Gasteiger partial charge on any atom is -0.349 e. The molecule has 6 nitrogen and oxygen atoms in total. The van der Waals surface area contributed by atoms with Crippen LogP contribution in [-0.4, -0.2) is 43.4 Å². The lowest BCUT2D eigenvalue weighted by atomic mass is 9.89. The highest BCUT2D eigenvalue weighted by molar-refractivity contribution is 6.09. The molecule has 11 heteroatoms. The van der Waals surface area contributed by atoms with Crippen LogP contribution in [-0.2, 0) is 14.4 Å². The van der Waals surface area contributed by atoms with E-state index < -0.39 is 47.8 Å². The van der Waals surface area contributed by atoms with Crippen LogP contribution in [0.1, 0.15) is 25.5 Å². The molecule has 0 spiro atoms. The summed E-state index contributed by atoms with van der Waals surface area (Å²) in [4.78, 5) is 40.0. The van der Waals surface area contributed by atoms with Gasteiger partial charge in [0.05, 0.1) is 12.2 Å². The molecule has 0 aromatic heterocycles. The number of nitrogens with zero attached hydrogens (tertiary/aromatic N) is 1. The normalized spacial score (nSPS) is 16.3. The van der Waals surface area contributed by atoms with Crippen molar-refractivity contribution in [2.75, 3.05) is 18.5 Å². The summed E-state index contributed by atoms with van der Waals surface area (Å²) in [5, 5.41) is 3.97. The Hall–Kier alpha value is -3.50. The Balaban J connectivity index is 1.87. The molecule has 2 N–H and O–H groups in total. The zero-order valence-electron chi connectivity index (χ0n) is 18.5. The number of amides is 3. The summed E-state index contributed by atoms with van der Waals surface area (Å²) in [6, 6.07) is 12.6. The Labute approximate surface area is 192 Å². The van der Waals surface area contributed by atoms with E-state index >= 15 is 0 Å². The Kier molecular flexibility index (Phi) is 6.43. The molecule has 1 atom stereocenters. The van der Waals surface area contributed by atoms with E-state index in [9.17, 15) is 36.3 Å². The van der Waals surface area contributed by atoms with E-state index in [4.69, 9.17) is 0 Å². The Morgan fingerprint density at radius 2 is 1.47 bits per heavy atom. The number of carbonyl (C=O) groups is 3.